The molecule has 0 amide bonds. The fraction of sp³-hybridized carbons (Fsp3) is 0.214. The summed E-state index contributed by atoms with van der Waals surface area (Å²) in [7, 11) is 1.86. The monoisotopic (exact) mass is 271 g/mol. The van der Waals surface area contributed by atoms with E-state index in [1.54, 1.807) is 11.5 Å². The highest BCUT2D eigenvalue weighted by molar-refractivity contribution is 5.98. The van der Waals surface area contributed by atoms with Crippen LogP contribution in [0.25, 0.3) is 11.2 Å². The van der Waals surface area contributed by atoms with Crippen LogP contribution in [0.2, 0.25) is 0 Å². The second-order valence-electron chi connectivity index (χ2n) is 4.17. The summed E-state index contributed by atoms with van der Waals surface area (Å²) in [5, 5.41) is 4.04. The van der Waals surface area contributed by atoms with Crippen LogP contribution in [0.4, 0.5) is 0 Å². The maximum atomic E-state index is 5.37. The molecule has 0 radical (unpaired) electrons. The van der Waals surface area contributed by atoms with Crippen LogP contribution in [0.1, 0.15) is 13.8 Å². The summed E-state index contributed by atoms with van der Waals surface area (Å²) < 4.78 is 1.79. The molecule has 0 bridgehead atoms. The maximum absolute atomic E-state index is 5.37. The number of imidazole rings is 1. The van der Waals surface area contributed by atoms with Crippen molar-refractivity contribution in [2.75, 3.05) is 0 Å². The molecule has 0 aliphatic heterocycles. The van der Waals surface area contributed by atoms with E-state index in [0.717, 1.165) is 11.2 Å². The van der Waals surface area contributed by atoms with E-state index in [0.29, 0.717) is 17.4 Å². The van der Waals surface area contributed by atoms with Gasteiger partial charge >= 0.3 is 6.01 Å². The molecule has 0 fully saturated rings. The van der Waals surface area contributed by atoms with Crippen molar-refractivity contribution in [3.8, 4) is 6.01 Å². The molecule has 0 unspecified atom stereocenters. The highest BCUT2D eigenvalue weighted by Gasteiger charge is 2.09. The van der Waals surface area contributed by atoms with E-state index in [1.165, 1.54) is 0 Å². The predicted molar refractivity (Wildman–Crippen MR) is 81.2 cm³/mol. The van der Waals surface area contributed by atoms with Gasteiger partial charge in [0.2, 0.25) is 0 Å². The summed E-state index contributed by atoms with van der Waals surface area (Å²) in [4.78, 5) is 16.7. The van der Waals surface area contributed by atoms with E-state index in [4.69, 9.17) is 4.84 Å². The van der Waals surface area contributed by atoms with E-state index in [9.17, 15) is 0 Å². The van der Waals surface area contributed by atoms with Crippen molar-refractivity contribution in [2.45, 2.75) is 13.8 Å². The minimum atomic E-state index is 0.417. The van der Waals surface area contributed by atoms with Crippen molar-refractivity contribution in [3.05, 3.63) is 36.2 Å². The third kappa shape index (κ3) is 2.69. The molecule has 2 rings (SSSR count). The van der Waals surface area contributed by atoms with Crippen LogP contribution >= 0.6 is 0 Å². The second kappa shape index (κ2) is 6.01. The number of fused-ring (bicyclic) bond motifs is 1. The molecule has 2 aromatic rings. The van der Waals surface area contributed by atoms with Gasteiger partial charge in [-0.3, -0.25) is 9.56 Å². The SMILES string of the molecule is C=NC(=C\C=C/C)/C(C)=N/Oc1nc2cc[nH]c2n1C. The summed E-state index contributed by atoms with van der Waals surface area (Å²) in [5.41, 5.74) is 3.01. The summed E-state index contributed by atoms with van der Waals surface area (Å²) in [6.45, 7) is 7.25. The van der Waals surface area contributed by atoms with Gasteiger partial charge in [-0.05, 0) is 32.7 Å². The Morgan fingerprint density at radius 1 is 1.55 bits per heavy atom. The average molecular weight is 271 g/mol. The summed E-state index contributed by atoms with van der Waals surface area (Å²) >= 11 is 0. The van der Waals surface area contributed by atoms with Crippen LogP contribution in [0.5, 0.6) is 6.01 Å². The van der Waals surface area contributed by atoms with E-state index < -0.39 is 0 Å². The molecular formula is C14H17N5O. The lowest BCUT2D eigenvalue weighted by Crippen LogP contribution is -2.01. The van der Waals surface area contributed by atoms with E-state index in [2.05, 4.69) is 26.8 Å². The third-order valence-electron chi connectivity index (χ3n) is 2.79. The first-order valence-electron chi connectivity index (χ1n) is 6.19. The Morgan fingerprint density at radius 3 is 3.00 bits per heavy atom. The zero-order valence-electron chi connectivity index (χ0n) is 11.8. The summed E-state index contributed by atoms with van der Waals surface area (Å²) in [6.07, 6.45) is 7.42. The zero-order chi connectivity index (χ0) is 14.5. The van der Waals surface area contributed by atoms with Gasteiger partial charge in [-0.2, -0.15) is 4.98 Å². The van der Waals surface area contributed by atoms with Crippen LogP contribution in [-0.4, -0.2) is 27.0 Å². The predicted octanol–water partition coefficient (Wildman–Crippen LogP) is 2.82. The Kier molecular flexibility index (Phi) is 4.14. The molecule has 0 aliphatic rings. The van der Waals surface area contributed by atoms with Gasteiger partial charge in [-0.1, -0.05) is 17.3 Å². The number of aromatic amines is 1. The van der Waals surface area contributed by atoms with Crippen molar-refractivity contribution in [3.63, 3.8) is 0 Å². The quantitative estimate of drug-likeness (QED) is 0.516. The minimum absolute atomic E-state index is 0.417. The number of aryl methyl sites for hydroxylation is 1. The third-order valence-corrected chi connectivity index (χ3v) is 2.79. The summed E-state index contributed by atoms with van der Waals surface area (Å²) in [5.74, 6) is 0. The molecule has 104 valence electrons. The second-order valence-corrected chi connectivity index (χ2v) is 4.17. The average Bonchev–Trinajstić information content (AvgIpc) is 3.01. The smallest absolute Gasteiger partial charge is 0.328 e. The Bertz CT molecular complexity index is 702. The number of aliphatic imine (C=N–C) groups is 1. The number of nitrogens with zero attached hydrogens (tertiary/aromatic N) is 4. The van der Waals surface area contributed by atoms with Crippen LogP contribution in [0, 0.1) is 0 Å². The lowest BCUT2D eigenvalue weighted by Gasteiger charge is -2.01. The fourth-order valence-corrected chi connectivity index (χ4v) is 1.70. The first-order valence-corrected chi connectivity index (χ1v) is 6.19. The van der Waals surface area contributed by atoms with Gasteiger partial charge in [0.25, 0.3) is 0 Å². The first-order chi connectivity index (χ1) is 9.67. The molecule has 6 heteroatoms. The molecule has 0 saturated heterocycles. The van der Waals surface area contributed by atoms with E-state index in [-0.39, 0.29) is 0 Å². The van der Waals surface area contributed by atoms with Crippen molar-refractivity contribution in [2.24, 2.45) is 17.2 Å². The molecule has 6 nitrogen and oxygen atoms in total. The number of rotatable bonds is 5. The molecule has 0 aromatic carbocycles. The van der Waals surface area contributed by atoms with Crippen LogP contribution in [0.15, 0.2) is 46.3 Å². The van der Waals surface area contributed by atoms with Gasteiger partial charge in [0.15, 0.2) is 0 Å². The van der Waals surface area contributed by atoms with Gasteiger partial charge in [-0.15, -0.1) is 0 Å². The molecule has 20 heavy (non-hydrogen) atoms. The van der Waals surface area contributed by atoms with Gasteiger partial charge in [0.1, 0.15) is 16.9 Å². The largest absolute Gasteiger partial charge is 0.346 e. The Labute approximate surface area is 117 Å². The number of hydrogen-bond donors (Lipinski definition) is 1. The molecule has 2 aromatic heterocycles. The standard InChI is InChI=1S/C14H17N5O/c1-5-6-7-11(15-3)10(2)18-20-14-17-12-8-9-16-13(12)19(14)4/h5-9,16H,3H2,1-2,4H3/b6-5-,11-7-,18-10+. The molecule has 0 atom stereocenters. The first kappa shape index (κ1) is 13.8. The van der Waals surface area contributed by atoms with Crippen LogP contribution in [-0.2, 0) is 7.05 Å². The molecule has 0 saturated carbocycles. The van der Waals surface area contributed by atoms with Crippen molar-refractivity contribution in [1.82, 2.24) is 14.5 Å². The Balaban J connectivity index is 2.21. The summed E-state index contributed by atoms with van der Waals surface area (Å²) in [6, 6.07) is 2.29. The lowest BCUT2D eigenvalue weighted by molar-refractivity contribution is 0.303. The van der Waals surface area contributed by atoms with Gasteiger partial charge in [-0.25, -0.2) is 0 Å². The molecule has 0 aliphatic carbocycles. The van der Waals surface area contributed by atoms with Crippen LogP contribution < -0.4 is 4.84 Å². The lowest BCUT2D eigenvalue weighted by atomic mass is 10.3. The number of nitrogens with one attached hydrogen (secondary N) is 1. The zero-order valence-corrected chi connectivity index (χ0v) is 11.8. The molecule has 2 heterocycles. The fourth-order valence-electron chi connectivity index (χ4n) is 1.70. The number of hydrogen-bond acceptors (Lipinski definition) is 4. The number of allylic oxidation sites excluding steroid dienone is 4. The van der Waals surface area contributed by atoms with Gasteiger partial charge in [0.05, 0.1) is 5.70 Å². The highest BCUT2D eigenvalue weighted by Crippen LogP contribution is 2.18. The van der Waals surface area contributed by atoms with Crippen LogP contribution in [0.3, 0.4) is 0 Å². The number of aromatic nitrogens is 3. The van der Waals surface area contributed by atoms with Crippen molar-refractivity contribution >= 4 is 23.6 Å². The van der Waals surface area contributed by atoms with Gasteiger partial charge < -0.3 is 9.82 Å². The van der Waals surface area contributed by atoms with E-state index in [1.807, 2.05) is 44.5 Å². The number of H-pyrrole nitrogens is 1. The Hall–Kier alpha value is -2.63. The molecular weight excluding hydrogens is 254 g/mol. The minimum Gasteiger partial charge on any atom is -0.346 e. The Morgan fingerprint density at radius 2 is 2.35 bits per heavy atom. The number of oxime groups is 1. The maximum Gasteiger partial charge on any atom is 0.328 e. The van der Waals surface area contributed by atoms with E-state index >= 15 is 0 Å². The normalized spacial score (nSPS) is 13.3. The van der Waals surface area contributed by atoms with Crippen molar-refractivity contribution < 1.29 is 4.84 Å². The van der Waals surface area contributed by atoms with Gasteiger partial charge in [0, 0.05) is 13.2 Å². The topological polar surface area (TPSA) is 67.6 Å². The molecule has 1 N–H and O–H groups in total. The molecule has 0 spiro atoms. The van der Waals surface area contributed by atoms with Crippen molar-refractivity contribution in [1.29, 1.82) is 0 Å². The highest BCUT2D eigenvalue weighted by atomic mass is 16.6.